The first-order chi connectivity index (χ1) is 13.5. The van der Waals surface area contributed by atoms with E-state index in [0.717, 1.165) is 5.75 Å². The van der Waals surface area contributed by atoms with Gasteiger partial charge in [0.1, 0.15) is 5.75 Å². The van der Waals surface area contributed by atoms with Gasteiger partial charge in [0.05, 0.1) is 36.4 Å². The Morgan fingerprint density at radius 2 is 1.89 bits per heavy atom. The highest BCUT2D eigenvalue weighted by molar-refractivity contribution is 8.18. The normalized spacial score (nSPS) is 16.4. The maximum absolute atomic E-state index is 12.3. The molecule has 0 unspecified atom stereocenters. The zero-order valence-electron chi connectivity index (χ0n) is 15.6. The second kappa shape index (κ2) is 9.03. The molecule has 1 heterocycles. The molecule has 2 aromatic rings. The summed E-state index contributed by atoms with van der Waals surface area (Å²) in [6, 6.07) is 10.7. The van der Waals surface area contributed by atoms with Gasteiger partial charge in [0.25, 0.3) is 5.91 Å². The van der Waals surface area contributed by atoms with E-state index in [1.54, 1.807) is 32.4 Å². The second-order valence-corrected chi connectivity index (χ2v) is 7.08. The third-order valence-electron chi connectivity index (χ3n) is 3.82. The molecule has 0 aromatic heterocycles. The van der Waals surface area contributed by atoms with Gasteiger partial charge in [0, 0.05) is 6.07 Å². The molecule has 0 radical (unpaired) electrons. The van der Waals surface area contributed by atoms with Crippen LogP contribution in [0.25, 0.3) is 6.08 Å². The number of nitrogens with one attached hydrogen (secondary N) is 1. The molecule has 8 heteroatoms. The number of nitrogens with zero attached hydrogens (tertiary/aromatic N) is 1. The van der Waals surface area contributed by atoms with E-state index in [9.17, 15) is 4.79 Å². The number of hydrogen-bond acceptors (Lipinski definition) is 6. The van der Waals surface area contributed by atoms with Crippen molar-refractivity contribution in [1.82, 2.24) is 5.32 Å². The number of carbonyl (C=O) groups is 1. The molecule has 146 valence electrons. The molecule has 1 amide bonds. The molecular formula is C20H19ClN2O4S. The van der Waals surface area contributed by atoms with Crippen molar-refractivity contribution in [3.05, 3.63) is 51.9 Å². The number of amides is 1. The Morgan fingerprint density at radius 3 is 2.54 bits per heavy atom. The van der Waals surface area contributed by atoms with Gasteiger partial charge in [0.2, 0.25) is 0 Å². The van der Waals surface area contributed by atoms with Crippen LogP contribution in [0, 0.1) is 0 Å². The van der Waals surface area contributed by atoms with E-state index in [0.29, 0.717) is 44.5 Å². The summed E-state index contributed by atoms with van der Waals surface area (Å²) < 4.78 is 16.0. The van der Waals surface area contributed by atoms with Gasteiger partial charge in [-0.1, -0.05) is 11.6 Å². The average Bonchev–Trinajstić information content (AvgIpc) is 3.03. The summed E-state index contributed by atoms with van der Waals surface area (Å²) in [5.74, 6) is 1.62. The highest BCUT2D eigenvalue weighted by atomic mass is 35.5. The number of methoxy groups -OCH3 is 2. The van der Waals surface area contributed by atoms with Gasteiger partial charge in [0.15, 0.2) is 16.7 Å². The Morgan fingerprint density at radius 1 is 1.14 bits per heavy atom. The molecule has 6 nitrogen and oxygen atoms in total. The lowest BCUT2D eigenvalue weighted by Crippen LogP contribution is -2.19. The molecule has 1 N–H and O–H groups in total. The molecule has 0 aliphatic carbocycles. The first kappa shape index (κ1) is 20.1. The number of ether oxygens (including phenoxy) is 3. The summed E-state index contributed by atoms with van der Waals surface area (Å²) in [7, 11) is 3.15. The van der Waals surface area contributed by atoms with Gasteiger partial charge in [-0.15, -0.1) is 0 Å². The Hall–Kier alpha value is -2.64. The van der Waals surface area contributed by atoms with E-state index < -0.39 is 0 Å². The van der Waals surface area contributed by atoms with Gasteiger partial charge in [-0.05, 0) is 60.7 Å². The lowest BCUT2D eigenvalue weighted by atomic mass is 10.2. The van der Waals surface area contributed by atoms with E-state index in [1.165, 1.54) is 11.8 Å². The number of rotatable bonds is 6. The van der Waals surface area contributed by atoms with Crippen molar-refractivity contribution in [1.29, 1.82) is 0 Å². The molecule has 2 aromatic carbocycles. The summed E-state index contributed by atoms with van der Waals surface area (Å²) in [5.41, 5.74) is 1.38. The van der Waals surface area contributed by atoms with Crippen LogP contribution in [0.3, 0.4) is 0 Å². The van der Waals surface area contributed by atoms with Crippen molar-refractivity contribution < 1.29 is 19.0 Å². The van der Waals surface area contributed by atoms with Gasteiger partial charge in [-0.3, -0.25) is 4.79 Å². The van der Waals surface area contributed by atoms with E-state index in [2.05, 4.69) is 10.3 Å². The molecule has 3 rings (SSSR count). The fourth-order valence-electron chi connectivity index (χ4n) is 2.49. The third kappa shape index (κ3) is 4.61. The number of amidine groups is 1. The van der Waals surface area contributed by atoms with Crippen LogP contribution in [0.2, 0.25) is 5.02 Å². The maximum Gasteiger partial charge on any atom is 0.264 e. The van der Waals surface area contributed by atoms with E-state index >= 15 is 0 Å². The lowest BCUT2D eigenvalue weighted by molar-refractivity contribution is -0.115. The number of hydrogen-bond donors (Lipinski definition) is 1. The summed E-state index contributed by atoms with van der Waals surface area (Å²) in [4.78, 5) is 17.3. The predicted octanol–water partition coefficient (Wildman–Crippen LogP) is 4.65. The molecule has 1 fully saturated rings. The van der Waals surface area contributed by atoms with E-state index in [4.69, 9.17) is 25.8 Å². The van der Waals surface area contributed by atoms with Gasteiger partial charge >= 0.3 is 0 Å². The summed E-state index contributed by atoms with van der Waals surface area (Å²) in [5, 5.41) is 3.71. The molecule has 1 aliphatic heterocycles. The molecule has 1 aliphatic rings. The second-order valence-electron chi connectivity index (χ2n) is 5.64. The van der Waals surface area contributed by atoms with Crippen LogP contribution < -0.4 is 19.5 Å². The summed E-state index contributed by atoms with van der Waals surface area (Å²) in [6.45, 7) is 2.37. The Balaban J connectivity index is 1.85. The number of thioether (sulfide) groups is 1. The molecular weight excluding hydrogens is 400 g/mol. The Bertz CT molecular complexity index is 942. The minimum Gasteiger partial charge on any atom is -0.497 e. The number of carbonyl (C=O) groups excluding carboxylic acids is 1. The molecule has 0 spiro atoms. The molecule has 28 heavy (non-hydrogen) atoms. The molecule has 0 saturated carbocycles. The topological polar surface area (TPSA) is 69.2 Å². The number of halogens is 1. The van der Waals surface area contributed by atoms with Crippen molar-refractivity contribution in [2.45, 2.75) is 6.92 Å². The first-order valence-corrected chi connectivity index (χ1v) is 9.67. The van der Waals surface area contributed by atoms with Crippen LogP contribution in [-0.4, -0.2) is 31.9 Å². The van der Waals surface area contributed by atoms with E-state index in [-0.39, 0.29) is 5.91 Å². The maximum atomic E-state index is 12.3. The van der Waals surface area contributed by atoms with Crippen LogP contribution in [-0.2, 0) is 4.79 Å². The molecule has 0 bridgehead atoms. The Kier molecular flexibility index (Phi) is 6.49. The van der Waals surface area contributed by atoms with Crippen LogP contribution in [0.4, 0.5) is 5.69 Å². The van der Waals surface area contributed by atoms with Gasteiger partial charge < -0.3 is 19.5 Å². The Labute approximate surface area is 172 Å². The smallest absolute Gasteiger partial charge is 0.264 e. The SMILES string of the molecule is CCOc1cc(/C=C2/SC(=Nc3ccc(OC)cc3)NC2=O)c(Cl)cc1OC. The van der Waals surface area contributed by atoms with Gasteiger partial charge in [-0.2, -0.15) is 0 Å². The standard InChI is InChI=1S/C20H19ClN2O4S/c1-4-27-17-9-12(15(21)11-16(17)26-3)10-18-19(24)23-20(28-18)22-13-5-7-14(25-2)8-6-13/h5-11H,4H2,1-3H3,(H,22,23,24)/b18-10+. The van der Waals surface area contributed by atoms with Crippen molar-refractivity contribution in [3.63, 3.8) is 0 Å². The van der Waals surface area contributed by atoms with Gasteiger partial charge in [-0.25, -0.2) is 4.99 Å². The van der Waals surface area contributed by atoms with Crippen LogP contribution in [0.1, 0.15) is 12.5 Å². The molecule has 1 saturated heterocycles. The number of aliphatic imine (C=N–C) groups is 1. The molecule has 0 atom stereocenters. The van der Waals surface area contributed by atoms with Crippen LogP contribution in [0.15, 0.2) is 46.3 Å². The lowest BCUT2D eigenvalue weighted by Gasteiger charge is -2.11. The minimum absolute atomic E-state index is 0.234. The zero-order chi connectivity index (χ0) is 20.1. The largest absolute Gasteiger partial charge is 0.497 e. The third-order valence-corrected chi connectivity index (χ3v) is 5.06. The highest BCUT2D eigenvalue weighted by Gasteiger charge is 2.24. The van der Waals surface area contributed by atoms with Crippen LogP contribution >= 0.6 is 23.4 Å². The highest BCUT2D eigenvalue weighted by Crippen LogP contribution is 2.36. The minimum atomic E-state index is -0.234. The van der Waals surface area contributed by atoms with Crippen molar-refractivity contribution in [3.8, 4) is 17.2 Å². The van der Waals surface area contributed by atoms with Crippen LogP contribution in [0.5, 0.6) is 17.2 Å². The monoisotopic (exact) mass is 418 g/mol. The average molecular weight is 419 g/mol. The quantitative estimate of drug-likeness (QED) is 0.691. The van der Waals surface area contributed by atoms with Crippen molar-refractivity contribution in [2.75, 3.05) is 20.8 Å². The number of benzene rings is 2. The fraction of sp³-hybridized carbons (Fsp3) is 0.200. The summed E-state index contributed by atoms with van der Waals surface area (Å²) >= 11 is 7.58. The van der Waals surface area contributed by atoms with Crippen molar-refractivity contribution in [2.24, 2.45) is 4.99 Å². The fourth-order valence-corrected chi connectivity index (χ4v) is 3.53. The predicted molar refractivity (Wildman–Crippen MR) is 113 cm³/mol. The first-order valence-electron chi connectivity index (χ1n) is 8.48. The van der Waals surface area contributed by atoms with Crippen molar-refractivity contribution >= 4 is 46.2 Å². The van der Waals surface area contributed by atoms with E-state index in [1.807, 2.05) is 31.2 Å². The zero-order valence-corrected chi connectivity index (χ0v) is 17.2. The summed E-state index contributed by atoms with van der Waals surface area (Å²) in [6.07, 6.45) is 1.71.